The summed E-state index contributed by atoms with van der Waals surface area (Å²) in [5, 5.41) is 10.9. The number of rotatable bonds is 2. The molecular weight excluding hydrogens is 406 g/mol. The lowest BCUT2D eigenvalue weighted by Crippen LogP contribution is -2.49. The second kappa shape index (κ2) is 8.51. The number of hydrogen-bond donors (Lipinski definition) is 1. The summed E-state index contributed by atoms with van der Waals surface area (Å²) < 4.78 is 17.3. The molecule has 2 aromatic rings. The van der Waals surface area contributed by atoms with Crippen LogP contribution < -0.4 is 9.47 Å². The number of phenols is 1. The molecule has 3 atom stereocenters. The van der Waals surface area contributed by atoms with Crippen LogP contribution >= 0.6 is 0 Å². The van der Waals surface area contributed by atoms with E-state index >= 15 is 0 Å². The van der Waals surface area contributed by atoms with Crippen LogP contribution in [0.25, 0.3) is 17.2 Å². The number of benzene rings is 2. The van der Waals surface area contributed by atoms with E-state index in [4.69, 9.17) is 14.2 Å². The average molecular weight is 436 g/mol. The van der Waals surface area contributed by atoms with Crippen molar-refractivity contribution in [2.45, 2.75) is 50.3 Å². The summed E-state index contributed by atoms with van der Waals surface area (Å²) in [5.41, 5.74) is 3.36. The number of nitrogens with zero attached hydrogens (tertiary/aromatic N) is 1. The Morgan fingerprint density at radius 2 is 1.94 bits per heavy atom. The Labute approximate surface area is 188 Å². The van der Waals surface area contributed by atoms with E-state index in [9.17, 15) is 9.90 Å². The fourth-order valence-corrected chi connectivity index (χ4v) is 5.60. The zero-order chi connectivity index (χ0) is 22.2. The van der Waals surface area contributed by atoms with Crippen molar-refractivity contribution in [3.63, 3.8) is 0 Å². The number of carbonyl (C=O) groups excluding carboxylic acids is 1. The molecule has 32 heavy (non-hydrogen) atoms. The van der Waals surface area contributed by atoms with Gasteiger partial charge in [0.15, 0.2) is 11.5 Å². The van der Waals surface area contributed by atoms with Crippen molar-refractivity contribution in [1.29, 1.82) is 0 Å². The van der Waals surface area contributed by atoms with Crippen molar-refractivity contribution in [2.75, 3.05) is 20.8 Å². The molecule has 0 aliphatic carbocycles. The number of methoxy groups -OCH3 is 2. The van der Waals surface area contributed by atoms with Gasteiger partial charge < -0.3 is 19.3 Å². The molecule has 2 aromatic carbocycles. The second-order valence-electron chi connectivity index (χ2n) is 8.81. The van der Waals surface area contributed by atoms with Crippen LogP contribution in [-0.4, -0.2) is 48.9 Å². The summed E-state index contributed by atoms with van der Waals surface area (Å²) in [7, 11) is 3.25. The van der Waals surface area contributed by atoms with Gasteiger partial charge in [0.2, 0.25) is 0 Å². The van der Waals surface area contributed by atoms with E-state index in [1.165, 1.54) is 12.5 Å². The number of hydrogen-bond acceptors (Lipinski definition) is 6. The lowest BCUT2D eigenvalue weighted by Gasteiger charge is -2.48. The van der Waals surface area contributed by atoms with Gasteiger partial charge in [-0.25, -0.2) is 4.79 Å². The highest BCUT2D eigenvalue weighted by molar-refractivity contribution is 5.89. The van der Waals surface area contributed by atoms with Crippen molar-refractivity contribution < 1.29 is 24.1 Å². The molecule has 0 aromatic heterocycles. The first-order valence-electron chi connectivity index (χ1n) is 11.3. The van der Waals surface area contributed by atoms with Crippen LogP contribution in [0.4, 0.5) is 0 Å². The maximum Gasteiger partial charge on any atom is 0.331 e. The van der Waals surface area contributed by atoms with Gasteiger partial charge in [-0.1, -0.05) is 18.6 Å². The van der Waals surface area contributed by atoms with Crippen LogP contribution in [0.5, 0.6) is 17.2 Å². The zero-order valence-electron chi connectivity index (χ0n) is 18.5. The summed E-state index contributed by atoms with van der Waals surface area (Å²) in [6.45, 7) is 1.01. The summed E-state index contributed by atoms with van der Waals surface area (Å²) >= 11 is 0. The molecule has 0 spiro atoms. The molecule has 4 bridgehead atoms. The van der Waals surface area contributed by atoms with Crippen molar-refractivity contribution in [1.82, 2.24) is 4.90 Å². The molecular formula is C26H29NO5. The third kappa shape index (κ3) is 3.62. The molecule has 6 nitrogen and oxygen atoms in total. The maximum absolute atomic E-state index is 12.5. The number of ether oxygens (including phenoxy) is 3. The summed E-state index contributed by atoms with van der Waals surface area (Å²) in [6.07, 6.45) is 8.07. The first-order chi connectivity index (χ1) is 15.6. The summed E-state index contributed by atoms with van der Waals surface area (Å²) in [6, 6.07) is 9.74. The molecule has 2 saturated heterocycles. The SMILES string of the molecule is COc1ccc2c(c1OC)-c1cc(ccc1O)C=CC(=O)O[C@H]1C[C@@H]3CCCCN3[C@H]2C1. The normalized spacial score (nSPS) is 24.9. The first-order valence-corrected chi connectivity index (χ1v) is 11.3. The quantitative estimate of drug-likeness (QED) is 0.690. The van der Waals surface area contributed by atoms with E-state index in [0.29, 0.717) is 29.5 Å². The Kier molecular flexibility index (Phi) is 5.55. The maximum atomic E-state index is 12.5. The molecule has 2 fully saturated rings. The first kappa shape index (κ1) is 20.9. The fourth-order valence-electron chi connectivity index (χ4n) is 5.60. The molecule has 3 aliphatic heterocycles. The predicted molar refractivity (Wildman–Crippen MR) is 122 cm³/mol. The van der Waals surface area contributed by atoms with Crippen LogP contribution in [0.2, 0.25) is 0 Å². The third-order valence-electron chi connectivity index (χ3n) is 7.02. The molecule has 5 rings (SSSR count). The van der Waals surface area contributed by atoms with Crippen LogP contribution in [0.1, 0.15) is 49.3 Å². The van der Waals surface area contributed by atoms with Crippen LogP contribution in [0, 0.1) is 0 Å². The Morgan fingerprint density at radius 3 is 2.75 bits per heavy atom. The predicted octanol–water partition coefficient (Wildman–Crippen LogP) is 4.70. The van der Waals surface area contributed by atoms with Gasteiger partial charge in [-0.3, -0.25) is 4.90 Å². The number of piperidine rings is 2. The zero-order valence-corrected chi connectivity index (χ0v) is 18.5. The Hall–Kier alpha value is -2.99. The van der Waals surface area contributed by atoms with Crippen LogP contribution in [-0.2, 0) is 9.53 Å². The number of carbonyl (C=O) groups is 1. The van der Waals surface area contributed by atoms with E-state index in [-0.39, 0.29) is 23.9 Å². The highest BCUT2D eigenvalue weighted by atomic mass is 16.5. The standard InChI is InChI=1S/C26H29NO5/c1-30-23-10-8-19-21-15-18(14-17-5-3-4-12-27(17)21)32-24(29)11-7-16-6-9-22(28)20(13-16)25(19)26(23)31-2/h6-11,13,17-18,21,28H,3-5,12,14-15H2,1-2H3/t17-,18-,21-/m0/s1. The summed E-state index contributed by atoms with van der Waals surface area (Å²) in [5.74, 6) is 1.07. The Morgan fingerprint density at radius 1 is 1.06 bits per heavy atom. The topological polar surface area (TPSA) is 68.2 Å². The highest BCUT2D eigenvalue weighted by Gasteiger charge is 2.40. The lowest BCUT2D eigenvalue weighted by molar-refractivity contribution is -0.148. The number of esters is 1. The minimum Gasteiger partial charge on any atom is -0.507 e. The fraction of sp³-hybridized carbons (Fsp3) is 0.423. The minimum atomic E-state index is -0.319. The minimum absolute atomic E-state index is 0.0492. The smallest absolute Gasteiger partial charge is 0.331 e. The van der Waals surface area contributed by atoms with Gasteiger partial charge in [-0.15, -0.1) is 0 Å². The lowest BCUT2D eigenvalue weighted by atomic mass is 9.81. The molecule has 0 saturated carbocycles. The Balaban J connectivity index is 1.78. The molecule has 6 heteroatoms. The van der Waals surface area contributed by atoms with Crippen molar-refractivity contribution in [3.05, 3.63) is 47.5 Å². The van der Waals surface area contributed by atoms with Gasteiger partial charge >= 0.3 is 5.97 Å². The van der Waals surface area contributed by atoms with Crippen molar-refractivity contribution >= 4 is 12.0 Å². The van der Waals surface area contributed by atoms with Gasteiger partial charge in [-0.2, -0.15) is 0 Å². The second-order valence-corrected chi connectivity index (χ2v) is 8.81. The molecule has 0 amide bonds. The largest absolute Gasteiger partial charge is 0.507 e. The number of fused-ring (bicyclic) bond motifs is 9. The van der Waals surface area contributed by atoms with Gasteiger partial charge in [-0.05, 0) is 54.8 Å². The number of phenolic OH excluding ortho intramolecular Hbond substituents is 1. The molecule has 168 valence electrons. The van der Waals surface area contributed by atoms with E-state index in [2.05, 4.69) is 11.0 Å². The van der Waals surface area contributed by atoms with Crippen LogP contribution in [0.15, 0.2) is 36.4 Å². The van der Waals surface area contributed by atoms with Gasteiger partial charge in [0.05, 0.1) is 14.2 Å². The van der Waals surface area contributed by atoms with Gasteiger partial charge in [0.1, 0.15) is 11.9 Å². The molecule has 3 aliphatic rings. The highest BCUT2D eigenvalue weighted by Crippen LogP contribution is 2.50. The molecule has 0 unspecified atom stereocenters. The molecule has 3 heterocycles. The van der Waals surface area contributed by atoms with E-state index in [1.54, 1.807) is 32.4 Å². The van der Waals surface area contributed by atoms with Crippen molar-refractivity contribution in [3.8, 4) is 28.4 Å². The average Bonchev–Trinajstić information content (AvgIpc) is 2.81. The third-order valence-corrected chi connectivity index (χ3v) is 7.02. The summed E-state index contributed by atoms with van der Waals surface area (Å²) in [4.78, 5) is 15.1. The molecule has 1 N–H and O–H groups in total. The number of aromatic hydroxyl groups is 1. The monoisotopic (exact) mass is 435 g/mol. The van der Waals surface area contributed by atoms with Gasteiger partial charge in [0, 0.05) is 42.1 Å². The van der Waals surface area contributed by atoms with E-state index in [1.807, 2.05) is 12.1 Å². The van der Waals surface area contributed by atoms with Crippen molar-refractivity contribution in [2.24, 2.45) is 0 Å². The Bertz CT molecular complexity index is 1060. The molecule has 0 radical (unpaired) electrons. The van der Waals surface area contributed by atoms with Gasteiger partial charge in [0.25, 0.3) is 0 Å². The van der Waals surface area contributed by atoms with E-state index < -0.39 is 0 Å². The van der Waals surface area contributed by atoms with E-state index in [0.717, 1.165) is 42.5 Å². The van der Waals surface area contributed by atoms with Crippen LogP contribution in [0.3, 0.4) is 0 Å².